The highest BCUT2D eigenvalue weighted by Gasteiger charge is 2.25. The van der Waals surface area contributed by atoms with Gasteiger partial charge in [-0.15, -0.1) is 0 Å². The van der Waals surface area contributed by atoms with Crippen LogP contribution in [0.5, 0.6) is 5.75 Å². The lowest BCUT2D eigenvalue weighted by Gasteiger charge is -2.32. The van der Waals surface area contributed by atoms with E-state index in [1.54, 1.807) is 0 Å². The molecule has 5 heteroatoms. The number of fused-ring (bicyclic) bond motifs is 1. The smallest absolute Gasteiger partial charge is 0.222 e. The molecular formula is C22H25N3O2. The summed E-state index contributed by atoms with van der Waals surface area (Å²) in [6.45, 7) is 2.22. The number of pyridine rings is 1. The second kappa shape index (κ2) is 8.25. The summed E-state index contributed by atoms with van der Waals surface area (Å²) in [4.78, 5) is 22.3. The molecule has 5 nitrogen and oxygen atoms in total. The van der Waals surface area contributed by atoms with E-state index in [1.807, 2.05) is 47.5 Å². The van der Waals surface area contributed by atoms with Gasteiger partial charge in [0.25, 0.3) is 0 Å². The SMILES string of the molecule is O=C(CCCOc1ccccc1)N1CCC(c2c[nH]c3cccnc23)CC1. The minimum absolute atomic E-state index is 0.238. The second-order valence-electron chi connectivity index (χ2n) is 7.06. The summed E-state index contributed by atoms with van der Waals surface area (Å²) in [7, 11) is 0. The predicted octanol–water partition coefficient (Wildman–Crippen LogP) is 4.13. The minimum Gasteiger partial charge on any atom is -0.494 e. The number of piperidine rings is 1. The van der Waals surface area contributed by atoms with Gasteiger partial charge in [-0.3, -0.25) is 9.78 Å². The molecule has 0 unspecified atom stereocenters. The Labute approximate surface area is 159 Å². The van der Waals surface area contributed by atoms with Crippen LogP contribution >= 0.6 is 0 Å². The van der Waals surface area contributed by atoms with Crippen LogP contribution in [0.25, 0.3) is 11.0 Å². The minimum atomic E-state index is 0.238. The number of nitrogens with zero attached hydrogens (tertiary/aromatic N) is 2. The first-order chi connectivity index (χ1) is 13.3. The van der Waals surface area contributed by atoms with Crippen LogP contribution in [0.1, 0.15) is 37.2 Å². The molecule has 3 heterocycles. The third-order valence-electron chi connectivity index (χ3n) is 5.30. The number of H-pyrrole nitrogens is 1. The van der Waals surface area contributed by atoms with Gasteiger partial charge in [-0.1, -0.05) is 18.2 Å². The van der Waals surface area contributed by atoms with Crippen LogP contribution in [0.4, 0.5) is 0 Å². The quantitative estimate of drug-likeness (QED) is 0.670. The third-order valence-corrected chi connectivity index (χ3v) is 5.30. The van der Waals surface area contributed by atoms with Crippen LogP contribution in [0.2, 0.25) is 0 Å². The molecule has 1 amide bonds. The number of benzene rings is 1. The normalized spacial score (nSPS) is 15.2. The number of hydrogen-bond donors (Lipinski definition) is 1. The molecule has 0 aliphatic carbocycles. The predicted molar refractivity (Wildman–Crippen MR) is 106 cm³/mol. The Morgan fingerprint density at radius 2 is 1.96 bits per heavy atom. The number of carbonyl (C=O) groups is 1. The lowest BCUT2D eigenvalue weighted by Crippen LogP contribution is -2.37. The maximum absolute atomic E-state index is 12.5. The highest BCUT2D eigenvalue weighted by Crippen LogP contribution is 2.32. The maximum Gasteiger partial charge on any atom is 0.222 e. The van der Waals surface area contributed by atoms with Crippen molar-refractivity contribution in [2.45, 2.75) is 31.6 Å². The van der Waals surface area contributed by atoms with Crippen LogP contribution < -0.4 is 4.74 Å². The van der Waals surface area contributed by atoms with E-state index in [1.165, 1.54) is 5.56 Å². The Hall–Kier alpha value is -2.82. The number of nitrogens with one attached hydrogen (secondary N) is 1. The molecule has 0 spiro atoms. The monoisotopic (exact) mass is 363 g/mol. The molecule has 1 saturated heterocycles. The van der Waals surface area contributed by atoms with Crippen molar-refractivity contribution in [3.63, 3.8) is 0 Å². The second-order valence-corrected chi connectivity index (χ2v) is 7.06. The van der Waals surface area contributed by atoms with E-state index in [-0.39, 0.29) is 5.91 Å². The van der Waals surface area contributed by atoms with Crippen molar-refractivity contribution in [3.8, 4) is 5.75 Å². The van der Waals surface area contributed by atoms with Crippen LogP contribution in [0.15, 0.2) is 54.9 Å². The number of para-hydroxylation sites is 1. The molecule has 4 rings (SSSR count). The highest BCUT2D eigenvalue weighted by molar-refractivity contribution is 5.79. The van der Waals surface area contributed by atoms with E-state index in [0.717, 1.165) is 49.1 Å². The first-order valence-electron chi connectivity index (χ1n) is 9.69. The average molecular weight is 363 g/mol. The van der Waals surface area contributed by atoms with Gasteiger partial charge >= 0.3 is 0 Å². The summed E-state index contributed by atoms with van der Waals surface area (Å²) in [5.74, 6) is 1.57. The van der Waals surface area contributed by atoms with Crippen LogP contribution in [-0.4, -0.2) is 40.5 Å². The Bertz CT molecular complexity index is 883. The molecule has 0 saturated carbocycles. The number of hydrogen-bond acceptors (Lipinski definition) is 3. The van der Waals surface area contributed by atoms with Crippen molar-refractivity contribution in [3.05, 3.63) is 60.4 Å². The fraction of sp³-hybridized carbons (Fsp3) is 0.364. The van der Waals surface area contributed by atoms with E-state index >= 15 is 0 Å². The maximum atomic E-state index is 12.5. The van der Waals surface area contributed by atoms with E-state index < -0.39 is 0 Å². The van der Waals surface area contributed by atoms with Crippen molar-refractivity contribution in [2.24, 2.45) is 0 Å². The molecule has 1 aromatic carbocycles. The summed E-state index contributed by atoms with van der Waals surface area (Å²) in [5.41, 5.74) is 3.44. The molecule has 0 bridgehead atoms. The van der Waals surface area contributed by atoms with Crippen molar-refractivity contribution in [2.75, 3.05) is 19.7 Å². The molecule has 1 aliphatic rings. The van der Waals surface area contributed by atoms with Gasteiger partial charge in [0, 0.05) is 31.9 Å². The van der Waals surface area contributed by atoms with Crippen LogP contribution in [0.3, 0.4) is 0 Å². The lowest BCUT2D eigenvalue weighted by atomic mass is 9.90. The van der Waals surface area contributed by atoms with Crippen molar-refractivity contribution in [1.29, 1.82) is 0 Å². The van der Waals surface area contributed by atoms with Crippen LogP contribution in [-0.2, 0) is 4.79 Å². The Kier molecular flexibility index (Phi) is 5.37. The number of aromatic amines is 1. The molecule has 1 N–H and O–H groups in total. The molecule has 140 valence electrons. The summed E-state index contributed by atoms with van der Waals surface area (Å²) in [5, 5.41) is 0. The van der Waals surface area contributed by atoms with E-state index in [0.29, 0.717) is 18.9 Å². The molecule has 0 atom stereocenters. The van der Waals surface area contributed by atoms with Gasteiger partial charge in [-0.25, -0.2) is 0 Å². The Balaban J connectivity index is 1.23. The number of amides is 1. The number of likely N-dealkylation sites (tertiary alicyclic amines) is 1. The lowest BCUT2D eigenvalue weighted by molar-refractivity contribution is -0.132. The van der Waals surface area contributed by atoms with Crippen LogP contribution in [0, 0.1) is 0 Å². The van der Waals surface area contributed by atoms with Gasteiger partial charge in [0.2, 0.25) is 5.91 Å². The van der Waals surface area contributed by atoms with E-state index in [4.69, 9.17) is 4.74 Å². The van der Waals surface area contributed by atoms with Gasteiger partial charge in [0.05, 0.1) is 17.6 Å². The number of carbonyl (C=O) groups excluding carboxylic acids is 1. The Morgan fingerprint density at radius 1 is 1.15 bits per heavy atom. The first-order valence-corrected chi connectivity index (χ1v) is 9.69. The summed E-state index contributed by atoms with van der Waals surface area (Å²) in [6, 6.07) is 13.7. The van der Waals surface area contributed by atoms with Gasteiger partial charge in [0.15, 0.2) is 0 Å². The fourth-order valence-corrected chi connectivity index (χ4v) is 3.82. The van der Waals surface area contributed by atoms with Gasteiger partial charge in [-0.2, -0.15) is 0 Å². The van der Waals surface area contributed by atoms with Gasteiger partial charge in [0.1, 0.15) is 5.75 Å². The van der Waals surface area contributed by atoms with E-state index in [2.05, 4.69) is 22.2 Å². The fourth-order valence-electron chi connectivity index (χ4n) is 3.82. The standard InChI is InChI=1S/C22H25N3O2/c26-21(9-5-15-27-18-6-2-1-3-7-18)25-13-10-17(11-14-25)19-16-24-20-8-4-12-23-22(19)20/h1-4,6-8,12,16-17,24H,5,9-11,13-15H2. The summed E-state index contributed by atoms with van der Waals surface area (Å²) < 4.78 is 5.67. The number of ether oxygens (including phenoxy) is 1. The topological polar surface area (TPSA) is 58.2 Å². The van der Waals surface area contributed by atoms with Crippen molar-refractivity contribution < 1.29 is 9.53 Å². The molecule has 1 fully saturated rings. The molecule has 3 aromatic rings. The highest BCUT2D eigenvalue weighted by atomic mass is 16.5. The summed E-state index contributed by atoms with van der Waals surface area (Å²) >= 11 is 0. The average Bonchev–Trinajstić information content (AvgIpc) is 3.16. The third kappa shape index (κ3) is 4.13. The first kappa shape index (κ1) is 17.6. The molecule has 0 radical (unpaired) electrons. The zero-order chi connectivity index (χ0) is 18.5. The van der Waals surface area contributed by atoms with Gasteiger partial charge in [-0.05, 0) is 55.0 Å². The van der Waals surface area contributed by atoms with Crippen molar-refractivity contribution >= 4 is 16.9 Å². The number of aromatic nitrogens is 2. The largest absolute Gasteiger partial charge is 0.494 e. The number of rotatable bonds is 6. The molecule has 27 heavy (non-hydrogen) atoms. The van der Waals surface area contributed by atoms with E-state index in [9.17, 15) is 4.79 Å². The Morgan fingerprint density at radius 3 is 2.78 bits per heavy atom. The zero-order valence-electron chi connectivity index (χ0n) is 15.4. The molecular weight excluding hydrogens is 338 g/mol. The summed E-state index contributed by atoms with van der Waals surface area (Å²) in [6.07, 6.45) is 7.22. The molecule has 1 aliphatic heterocycles. The van der Waals surface area contributed by atoms with Gasteiger partial charge < -0.3 is 14.6 Å². The molecule has 2 aromatic heterocycles. The van der Waals surface area contributed by atoms with Crippen molar-refractivity contribution in [1.82, 2.24) is 14.9 Å². The zero-order valence-corrected chi connectivity index (χ0v) is 15.4.